The van der Waals surface area contributed by atoms with Gasteiger partial charge in [-0.05, 0) is 31.8 Å². The number of rotatable bonds is 7. The van der Waals surface area contributed by atoms with Crippen LogP contribution in [0.25, 0.3) is 0 Å². The maximum atomic E-state index is 11.8. The monoisotopic (exact) mass is 304 g/mol. The molecule has 0 spiro atoms. The van der Waals surface area contributed by atoms with Crippen molar-refractivity contribution in [2.24, 2.45) is 5.92 Å². The van der Waals surface area contributed by atoms with Gasteiger partial charge < -0.3 is 10.1 Å². The van der Waals surface area contributed by atoms with E-state index in [0.717, 1.165) is 19.4 Å². The van der Waals surface area contributed by atoms with Crippen LogP contribution in [0.2, 0.25) is 0 Å². The molecular weight excluding hydrogens is 285 g/mol. The predicted molar refractivity (Wildman–Crippen MR) is 64.3 cm³/mol. The van der Waals surface area contributed by atoms with Crippen LogP contribution in [0.4, 0.5) is 13.2 Å². The van der Waals surface area contributed by atoms with Crippen molar-refractivity contribution in [3.63, 3.8) is 0 Å². The third-order valence-corrected chi connectivity index (χ3v) is 4.24. The molecule has 0 amide bonds. The molecule has 1 aliphatic heterocycles. The van der Waals surface area contributed by atoms with Gasteiger partial charge in [-0.3, -0.25) is 0 Å². The summed E-state index contributed by atoms with van der Waals surface area (Å²) in [5.41, 5.74) is 0. The van der Waals surface area contributed by atoms with Crippen molar-refractivity contribution in [2.75, 3.05) is 38.6 Å². The minimum absolute atomic E-state index is 0.000723. The maximum absolute atomic E-state index is 11.8. The van der Waals surface area contributed by atoms with E-state index in [1.54, 1.807) is 0 Å². The van der Waals surface area contributed by atoms with E-state index in [9.17, 15) is 21.6 Å². The highest BCUT2D eigenvalue weighted by atomic mass is 32.2. The Balaban J connectivity index is 2.16. The quantitative estimate of drug-likeness (QED) is 0.672. The fourth-order valence-electron chi connectivity index (χ4n) is 1.89. The zero-order valence-electron chi connectivity index (χ0n) is 10.5. The molecule has 1 fully saturated rings. The van der Waals surface area contributed by atoms with Crippen molar-refractivity contribution in [3.05, 3.63) is 0 Å². The summed E-state index contributed by atoms with van der Waals surface area (Å²) in [5.74, 6) is 0.0570. The average Bonchev–Trinajstić information content (AvgIpc) is 2.27. The molecule has 1 aliphatic rings. The van der Waals surface area contributed by atoms with Crippen molar-refractivity contribution in [2.45, 2.75) is 19.0 Å². The molecule has 114 valence electrons. The molecule has 0 saturated carbocycles. The Bertz CT molecular complexity index is 354. The van der Waals surface area contributed by atoms with Gasteiger partial charge in [-0.2, -0.15) is 13.2 Å². The Morgan fingerprint density at radius 2 is 2.11 bits per heavy atom. The van der Waals surface area contributed by atoms with E-state index in [1.807, 2.05) is 0 Å². The molecule has 0 bridgehead atoms. The summed E-state index contributed by atoms with van der Waals surface area (Å²) in [6.45, 7) is -0.234. The van der Waals surface area contributed by atoms with Gasteiger partial charge in [-0.15, -0.1) is 0 Å². The summed E-state index contributed by atoms with van der Waals surface area (Å²) < 4.78 is 65.1. The molecule has 1 heterocycles. The fourth-order valence-corrected chi connectivity index (χ4v) is 3.31. The van der Waals surface area contributed by atoms with Crippen LogP contribution in [-0.2, 0) is 14.8 Å². The van der Waals surface area contributed by atoms with Crippen LogP contribution in [0.1, 0.15) is 12.8 Å². The van der Waals surface area contributed by atoms with Gasteiger partial charge in [-0.1, -0.05) is 0 Å². The number of ether oxygens (including phenoxy) is 1. The normalized spacial score (nSPS) is 21.5. The van der Waals surface area contributed by atoms with E-state index >= 15 is 0 Å². The first-order valence-electron chi connectivity index (χ1n) is 6.11. The van der Waals surface area contributed by atoms with Crippen LogP contribution < -0.4 is 10.0 Å². The number of nitrogens with one attached hydrogen (secondary N) is 2. The molecule has 2 N–H and O–H groups in total. The molecule has 0 aromatic heterocycles. The lowest BCUT2D eigenvalue weighted by atomic mass is 10.0. The molecule has 9 heteroatoms. The Morgan fingerprint density at radius 3 is 2.68 bits per heavy atom. The van der Waals surface area contributed by atoms with Gasteiger partial charge in [0.05, 0.1) is 12.4 Å². The van der Waals surface area contributed by atoms with E-state index in [2.05, 4.69) is 14.8 Å². The van der Waals surface area contributed by atoms with E-state index in [1.165, 1.54) is 0 Å². The van der Waals surface area contributed by atoms with Crippen molar-refractivity contribution < 1.29 is 26.3 Å². The number of hydrogen-bond acceptors (Lipinski definition) is 4. The number of piperidine rings is 1. The third-order valence-electron chi connectivity index (χ3n) is 2.69. The molecule has 5 nitrogen and oxygen atoms in total. The minimum Gasteiger partial charge on any atom is -0.371 e. The highest BCUT2D eigenvalue weighted by Gasteiger charge is 2.27. The predicted octanol–water partition coefficient (Wildman–Crippen LogP) is 0.484. The zero-order valence-corrected chi connectivity index (χ0v) is 11.3. The van der Waals surface area contributed by atoms with Gasteiger partial charge in [0.1, 0.15) is 6.61 Å². The summed E-state index contributed by atoms with van der Waals surface area (Å²) in [6.07, 6.45) is -2.60. The molecule has 1 saturated heterocycles. The van der Waals surface area contributed by atoms with E-state index in [0.29, 0.717) is 6.54 Å². The largest absolute Gasteiger partial charge is 0.411 e. The van der Waals surface area contributed by atoms with Crippen LogP contribution >= 0.6 is 0 Å². The topological polar surface area (TPSA) is 67.4 Å². The molecule has 19 heavy (non-hydrogen) atoms. The first-order chi connectivity index (χ1) is 8.79. The highest BCUT2D eigenvalue weighted by Crippen LogP contribution is 2.14. The maximum Gasteiger partial charge on any atom is 0.411 e. The number of hydrogen-bond donors (Lipinski definition) is 2. The Kier molecular flexibility index (Phi) is 6.51. The second-order valence-electron chi connectivity index (χ2n) is 4.56. The van der Waals surface area contributed by atoms with Crippen molar-refractivity contribution in [3.8, 4) is 0 Å². The highest BCUT2D eigenvalue weighted by molar-refractivity contribution is 7.89. The van der Waals surface area contributed by atoms with Gasteiger partial charge in [0, 0.05) is 6.54 Å². The fraction of sp³-hybridized carbons (Fsp3) is 1.00. The van der Waals surface area contributed by atoms with Gasteiger partial charge in [0.2, 0.25) is 10.0 Å². The summed E-state index contributed by atoms with van der Waals surface area (Å²) >= 11 is 0. The van der Waals surface area contributed by atoms with Gasteiger partial charge in [0.15, 0.2) is 0 Å². The Labute approximate surface area is 110 Å². The second-order valence-corrected chi connectivity index (χ2v) is 6.41. The Morgan fingerprint density at radius 1 is 1.37 bits per heavy atom. The smallest absolute Gasteiger partial charge is 0.371 e. The Hall–Kier alpha value is -0.380. The lowest BCUT2D eigenvalue weighted by Gasteiger charge is -2.22. The van der Waals surface area contributed by atoms with Crippen LogP contribution in [0.5, 0.6) is 0 Å². The molecule has 0 aromatic carbocycles. The SMILES string of the molecule is O=S(=O)(CC1CCCNC1)NCCOCC(F)(F)F. The lowest BCUT2D eigenvalue weighted by molar-refractivity contribution is -0.173. The standard InChI is InChI=1S/C10H19F3N2O3S/c11-10(12,13)8-18-5-4-15-19(16,17)7-9-2-1-3-14-6-9/h9,14-15H,1-8H2. The molecule has 1 unspecified atom stereocenters. The molecular formula is C10H19F3N2O3S. The van der Waals surface area contributed by atoms with E-state index in [-0.39, 0.29) is 24.8 Å². The molecule has 0 aliphatic carbocycles. The number of sulfonamides is 1. The second kappa shape index (κ2) is 7.41. The third kappa shape index (κ3) is 8.40. The van der Waals surface area contributed by atoms with Crippen molar-refractivity contribution in [1.29, 1.82) is 0 Å². The first kappa shape index (κ1) is 16.7. The summed E-state index contributed by atoms with van der Waals surface area (Å²) in [5, 5.41) is 3.11. The van der Waals surface area contributed by atoms with Gasteiger partial charge in [-0.25, -0.2) is 13.1 Å². The molecule has 0 radical (unpaired) electrons. The lowest BCUT2D eigenvalue weighted by Crippen LogP contribution is -2.38. The number of alkyl halides is 3. The van der Waals surface area contributed by atoms with Crippen molar-refractivity contribution in [1.82, 2.24) is 10.0 Å². The van der Waals surface area contributed by atoms with E-state index in [4.69, 9.17) is 0 Å². The van der Waals surface area contributed by atoms with Gasteiger partial charge >= 0.3 is 6.18 Å². The summed E-state index contributed by atoms with van der Waals surface area (Å²) in [4.78, 5) is 0. The van der Waals surface area contributed by atoms with Crippen LogP contribution in [-0.4, -0.2) is 53.2 Å². The average molecular weight is 304 g/mol. The first-order valence-corrected chi connectivity index (χ1v) is 7.76. The van der Waals surface area contributed by atoms with Crippen LogP contribution in [0, 0.1) is 5.92 Å². The zero-order chi connectivity index (χ0) is 14.4. The molecule has 1 rings (SSSR count). The molecule has 0 aromatic rings. The van der Waals surface area contributed by atoms with Crippen molar-refractivity contribution >= 4 is 10.0 Å². The number of halogens is 3. The van der Waals surface area contributed by atoms with Crippen LogP contribution in [0.3, 0.4) is 0 Å². The minimum atomic E-state index is -4.38. The van der Waals surface area contributed by atoms with Gasteiger partial charge in [0.25, 0.3) is 0 Å². The molecule has 1 atom stereocenters. The van der Waals surface area contributed by atoms with Crippen LogP contribution in [0.15, 0.2) is 0 Å². The van der Waals surface area contributed by atoms with E-state index < -0.39 is 22.8 Å². The summed E-state index contributed by atoms with van der Waals surface area (Å²) in [6, 6.07) is 0. The summed E-state index contributed by atoms with van der Waals surface area (Å²) in [7, 11) is -3.45.